The SMILES string of the molecule is CC[C@@H]([C@H](N)c1ccc(OC)cc1)S(=O)(=O)CC. The highest BCUT2D eigenvalue weighted by Gasteiger charge is 2.29. The molecule has 0 unspecified atom stereocenters. The minimum Gasteiger partial charge on any atom is -0.497 e. The maximum absolute atomic E-state index is 12.0. The van der Waals surface area contributed by atoms with Crippen LogP contribution in [0.4, 0.5) is 0 Å². The monoisotopic (exact) mass is 271 g/mol. The molecule has 1 aromatic carbocycles. The van der Waals surface area contributed by atoms with Gasteiger partial charge in [-0.15, -0.1) is 0 Å². The van der Waals surface area contributed by atoms with E-state index < -0.39 is 21.1 Å². The molecule has 2 N–H and O–H groups in total. The van der Waals surface area contributed by atoms with E-state index in [-0.39, 0.29) is 5.75 Å². The Morgan fingerprint density at radius 2 is 1.78 bits per heavy atom. The summed E-state index contributed by atoms with van der Waals surface area (Å²) >= 11 is 0. The molecule has 18 heavy (non-hydrogen) atoms. The fourth-order valence-electron chi connectivity index (χ4n) is 1.99. The Labute approximate surface area is 109 Å². The van der Waals surface area contributed by atoms with E-state index in [1.807, 2.05) is 19.1 Å². The van der Waals surface area contributed by atoms with Gasteiger partial charge in [0.2, 0.25) is 0 Å². The van der Waals surface area contributed by atoms with Crippen LogP contribution >= 0.6 is 0 Å². The maximum Gasteiger partial charge on any atom is 0.154 e. The first-order chi connectivity index (χ1) is 8.46. The fourth-order valence-corrected chi connectivity index (χ4v) is 3.53. The molecule has 0 amide bonds. The van der Waals surface area contributed by atoms with Gasteiger partial charge in [-0.25, -0.2) is 8.42 Å². The number of rotatable bonds is 6. The summed E-state index contributed by atoms with van der Waals surface area (Å²) in [5.74, 6) is 0.854. The Kier molecular flexibility index (Phi) is 5.16. The molecule has 0 heterocycles. The molecule has 0 aliphatic heterocycles. The molecule has 0 spiro atoms. The Bertz CT molecular complexity index is 468. The van der Waals surface area contributed by atoms with Crippen LogP contribution in [0.25, 0.3) is 0 Å². The lowest BCUT2D eigenvalue weighted by Gasteiger charge is -2.22. The van der Waals surface area contributed by atoms with Crippen LogP contribution in [0.2, 0.25) is 0 Å². The summed E-state index contributed by atoms with van der Waals surface area (Å²) in [6.07, 6.45) is 0.517. The van der Waals surface area contributed by atoms with Gasteiger partial charge in [-0.1, -0.05) is 26.0 Å². The first-order valence-electron chi connectivity index (χ1n) is 6.07. The summed E-state index contributed by atoms with van der Waals surface area (Å²) in [7, 11) is -1.54. The van der Waals surface area contributed by atoms with E-state index in [1.165, 1.54) is 0 Å². The van der Waals surface area contributed by atoms with Gasteiger partial charge in [-0.05, 0) is 24.1 Å². The van der Waals surface area contributed by atoms with Gasteiger partial charge < -0.3 is 10.5 Å². The van der Waals surface area contributed by atoms with Crippen molar-refractivity contribution in [3.8, 4) is 5.75 Å². The minimum absolute atomic E-state index is 0.120. The molecule has 0 aliphatic carbocycles. The molecular formula is C13H21NO3S. The van der Waals surface area contributed by atoms with Crippen LogP contribution in [0, 0.1) is 0 Å². The lowest BCUT2D eigenvalue weighted by molar-refractivity contribution is 0.414. The summed E-state index contributed by atoms with van der Waals surface area (Å²) in [4.78, 5) is 0. The van der Waals surface area contributed by atoms with Crippen molar-refractivity contribution in [2.24, 2.45) is 5.73 Å². The molecule has 2 atom stereocenters. The van der Waals surface area contributed by atoms with Gasteiger partial charge in [0.25, 0.3) is 0 Å². The van der Waals surface area contributed by atoms with E-state index >= 15 is 0 Å². The predicted molar refractivity (Wildman–Crippen MR) is 73.5 cm³/mol. The second-order valence-corrected chi connectivity index (χ2v) is 6.71. The molecule has 0 saturated heterocycles. The zero-order chi connectivity index (χ0) is 13.8. The van der Waals surface area contributed by atoms with Gasteiger partial charge in [-0.2, -0.15) is 0 Å². The van der Waals surface area contributed by atoms with Crippen LogP contribution in [-0.2, 0) is 9.84 Å². The van der Waals surface area contributed by atoms with E-state index in [9.17, 15) is 8.42 Å². The summed E-state index contributed by atoms with van der Waals surface area (Å²) in [6.45, 7) is 3.50. The van der Waals surface area contributed by atoms with Crippen LogP contribution in [0.1, 0.15) is 31.9 Å². The molecule has 0 fully saturated rings. The predicted octanol–water partition coefficient (Wildman–Crippen LogP) is 1.91. The van der Waals surface area contributed by atoms with Crippen molar-refractivity contribution < 1.29 is 13.2 Å². The summed E-state index contributed by atoms with van der Waals surface area (Å²) in [5, 5.41) is -0.532. The van der Waals surface area contributed by atoms with E-state index in [0.29, 0.717) is 6.42 Å². The van der Waals surface area contributed by atoms with Gasteiger partial charge >= 0.3 is 0 Å². The smallest absolute Gasteiger partial charge is 0.154 e. The van der Waals surface area contributed by atoms with Crippen LogP contribution in [0.3, 0.4) is 0 Å². The average Bonchev–Trinajstić information content (AvgIpc) is 2.39. The fraction of sp³-hybridized carbons (Fsp3) is 0.538. The van der Waals surface area contributed by atoms with Gasteiger partial charge in [0.05, 0.1) is 12.4 Å². The Balaban J connectivity index is 3.00. The first-order valence-corrected chi connectivity index (χ1v) is 7.78. The van der Waals surface area contributed by atoms with Crippen molar-refractivity contribution in [2.45, 2.75) is 31.6 Å². The number of methoxy groups -OCH3 is 1. The van der Waals surface area contributed by atoms with Crippen LogP contribution in [0.15, 0.2) is 24.3 Å². The number of hydrogen-bond donors (Lipinski definition) is 1. The minimum atomic E-state index is -3.13. The summed E-state index contributed by atoms with van der Waals surface area (Å²) in [6, 6.07) is 6.72. The average molecular weight is 271 g/mol. The lowest BCUT2D eigenvalue weighted by atomic mass is 10.0. The second-order valence-electron chi connectivity index (χ2n) is 4.20. The molecular weight excluding hydrogens is 250 g/mol. The third-order valence-electron chi connectivity index (χ3n) is 3.17. The zero-order valence-electron chi connectivity index (χ0n) is 11.1. The van der Waals surface area contributed by atoms with Crippen LogP contribution < -0.4 is 10.5 Å². The molecule has 0 saturated carbocycles. The molecule has 1 rings (SSSR count). The first kappa shape index (κ1) is 15.0. The van der Waals surface area contributed by atoms with Gasteiger partial charge in [0.1, 0.15) is 5.75 Å². The third-order valence-corrected chi connectivity index (χ3v) is 5.52. The van der Waals surface area contributed by atoms with Gasteiger partial charge in [0, 0.05) is 11.8 Å². The van der Waals surface area contributed by atoms with Crippen molar-refractivity contribution in [2.75, 3.05) is 12.9 Å². The van der Waals surface area contributed by atoms with Crippen LogP contribution in [0.5, 0.6) is 5.75 Å². The highest BCUT2D eigenvalue weighted by molar-refractivity contribution is 7.92. The quantitative estimate of drug-likeness (QED) is 0.858. The van der Waals surface area contributed by atoms with Crippen molar-refractivity contribution >= 4 is 9.84 Å². The molecule has 1 aromatic rings. The lowest BCUT2D eigenvalue weighted by Crippen LogP contribution is -2.34. The Morgan fingerprint density at radius 3 is 2.17 bits per heavy atom. The topological polar surface area (TPSA) is 69.4 Å². The largest absolute Gasteiger partial charge is 0.497 e. The van der Waals surface area contributed by atoms with Crippen molar-refractivity contribution in [3.63, 3.8) is 0 Å². The van der Waals surface area contributed by atoms with Gasteiger partial charge in [0.15, 0.2) is 9.84 Å². The van der Waals surface area contributed by atoms with E-state index in [2.05, 4.69) is 0 Å². The van der Waals surface area contributed by atoms with E-state index in [1.54, 1.807) is 26.2 Å². The highest BCUT2D eigenvalue weighted by Crippen LogP contribution is 2.24. The molecule has 5 heteroatoms. The standard InChI is InChI=1S/C13H21NO3S/c1-4-12(18(15,16)5-2)13(14)10-6-8-11(17-3)9-7-10/h6-9,12-13H,4-5,14H2,1-3H3/t12-,13+/m0/s1. The third kappa shape index (κ3) is 3.23. The molecule has 0 bridgehead atoms. The summed E-state index contributed by atoms with van der Waals surface area (Å²) in [5.41, 5.74) is 6.90. The molecule has 4 nitrogen and oxygen atoms in total. The van der Waals surface area contributed by atoms with Crippen LogP contribution in [-0.4, -0.2) is 26.5 Å². The zero-order valence-corrected chi connectivity index (χ0v) is 11.9. The molecule has 102 valence electrons. The van der Waals surface area contributed by atoms with E-state index in [4.69, 9.17) is 10.5 Å². The van der Waals surface area contributed by atoms with Crippen molar-refractivity contribution in [3.05, 3.63) is 29.8 Å². The number of sulfone groups is 1. The Hall–Kier alpha value is -1.07. The number of benzene rings is 1. The number of ether oxygens (including phenoxy) is 1. The number of nitrogens with two attached hydrogens (primary N) is 1. The molecule has 0 aliphatic rings. The van der Waals surface area contributed by atoms with E-state index in [0.717, 1.165) is 11.3 Å². The Morgan fingerprint density at radius 1 is 1.22 bits per heavy atom. The second kappa shape index (κ2) is 6.20. The molecule has 0 radical (unpaired) electrons. The normalized spacial score (nSPS) is 15.1. The van der Waals surface area contributed by atoms with Crippen molar-refractivity contribution in [1.82, 2.24) is 0 Å². The maximum atomic E-state index is 12.0. The highest BCUT2D eigenvalue weighted by atomic mass is 32.2. The number of hydrogen-bond acceptors (Lipinski definition) is 4. The van der Waals surface area contributed by atoms with Gasteiger partial charge in [-0.3, -0.25) is 0 Å². The molecule has 0 aromatic heterocycles. The van der Waals surface area contributed by atoms with Crippen molar-refractivity contribution in [1.29, 1.82) is 0 Å². The summed E-state index contributed by atoms with van der Waals surface area (Å²) < 4.78 is 29.0.